The van der Waals surface area contributed by atoms with Gasteiger partial charge in [-0.25, -0.2) is 0 Å². The fourth-order valence-corrected chi connectivity index (χ4v) is 1.86. The van der Waals surface area contributed by atoms with Gasteiger partial charge in [0.05, 0.1) is 16.9 Å². The smallest absolute Gasteiger partial charge is 0.426 e. The van der Waals surface area contributed by atoms with Crippen molar-refractivity contribution < 1.29 is 27.1 Å². The van der Waals surface area contributed by atoms with Gasteiger partial charge in [-0.3, -0.25) is 9.48 Å². The number of alkyl halides is 4. The standard InChI is InChI=1S/C14H13F4N3O2/c1-8-9(7-21(2)20-8)12(22)19-10-5-3-4-6-11(10)23-14(17,18)13(15)16/h3-7,13H,1-2H3,(H,19,22). The molecule has 1 aromatic carbocycles. The molecule has 1 amide bonds. The summed E-state index contributed by atoms with van der Waals surface area (Å²) in [4.78, 5) is 12.1. The quantitative estimate of drug-likeness (QED) is 0.856. The number of halogens is 4. The average Bonchev–Trinajstić information content (AvgIpc) is 2.79. The third kappa shape index (κ3) is 3.79. The Kier molecular flexibility index (Phi) is 4.57. The second-order valence-corrected chi connectivity index (χ2v) is 4.72. The number of aryl methyl sites for hydroxylation is 2. The van der Waals surface area contributed by atoms with Crippen molar-refractivity contribution in [1.29, 1.82) is 0 Å². The maximum Gasteiger partial charge on any atom is 0.461 e. The second kappa shape index (κ2) is 6.27. The number of para-hydroxylation sites is 2. The van der Waals surface area contributed by atoms with Crippen molar-refractivity contribution in [2.24, 2.45) is 7.05 Å². The second-order valence-electron chi connectivity index (χ2n) is 4.72. The normalized spacial score (nSPS) is 11.6. The Balaban J connectivity index is 2.24. The van der Waals surface area contributed by atoms with Gasteiger partial charge in [-0.2, -0.15) is 22.7 Å². The van der Waals surface area contributed by atoms with Gasteiger partial charge in [-0.15, -0.1) is 0 Å². The molecule has 0 spiro atoms. The van der Waals surface area contributed by atoms with Crippen molar-refractivity contribution in [3.63, 3.8) is 0 Å². The first kappa shape index (κ1) is 16.8. The molecule has 0 saturated heterocycles. The Hall–Kier alpha value is -2.58. The summed E-state index contributed by atoms with van der Waals surface area (Å²) >= 11 is 0. The van der Waals surface area contributed by atoms with Gasteiger partial charge < -0.3 is 10.1 Å². The fraction of sp³-hybridized carbons (Fsp3) is 0.286. The van der Waals surface area contributed by atoms with Gasteiger partial charge in [-0.05, 0) is 19.1 Å². The van der Waals surface area contributed by atoms with Crippen molar-refractivity contribution in [1.82, 2.24) is 9.78 Å². The molecule has 124 valence electrons. The summed E-state index contributed by atoms with van der Waals surface area (Å²) in [5.74, 6) is -1.18. The average molecular weight is 331 g/mol. The van der Waals surface area contributed by atoms with Crippen LogP contribution in [0.15, 0.2) is 30.5 Å². The van der Waals surface area contributed by atoms with Gasteiger partial charge in [0.25, 0.3) is 5.91 Å². The molecular weight excluding hydrogens is 318 g/mol. The molecule has 0 radical (unpaired) electrons. The number of benzene rings is 1. The molecule has 0 atom stereocenters. The Morgan fingerprint density at radius 2 is 2.00 bits per heavy atom. The van der Waals surface area contributed by atoms with E-state index in [0.29, 0.717) is 5.69 Å². The first-order valence-electron chi connectivity index (χ1n) is 6.46. The van der Waals surface area contributed by atoms with E-state index < -0.39 is 24.2 Å². The number of ether oxygens (including phenoxy) is 1. The summed E-state index contributed by atoms with van der Waals surface area (Å²) in [7, 11) is 1.62. The van der Waals surface area contributed by atoms with Crippen molar-refractivity contribution >= 4 is 11.6 Å². The molecule has 1 N–H and O–H groups in total. The van der Waals surface area contributed by atoms with Gasteiger partial charge >= 0.3 is 12.5 Å². The number of hydrogen-bond donors (Lipinski definition) is 1. The minimum atomic E-state index is -4.66. The van der Waals surface area contributed by atoms with E-state index in [1.54, 1.807) is 14.0 Å². The van der Waals surface area contributed by atoms with Crippen LogP contribution < -0.4 is 10.1 Å². The number of rotatable bonds is 5. The van der Waals surface area contributed by atoms with Crippen LogP contribution in [0.5, 0.6) is 5.75 Å². The van der Waals surface area contributed by atoms with Crippen molar-refractivity contribution in [3.8, 4) is 5.75 Å². The third-order valence-electron chi connectivity index (χ3n) is 2.89. The maximum atomic E-state index is 13.0. The highest BCUT2D eigenvalue weighted by molar-refractivity contribution is 6.05. The highest BCUT2D eigenvalue weighted by atomic mass is 19.3. The lowest BCUT2D eigenvalue weighted by molar-refractivity contribution is -0.252. The number of carbonyl (C=O) groups is 1. The van der Waals surface area contributed by atoms with Gasteiger partial charge in [0.2, 0.25) is 0 Å². The molecule has 0 saturated carbocycles. The summed E-state index contributed by atoms with van der Waals surface area (Å²) in [6.07, 6.45) is -7.21. The van der Waals surface area contributed by atoms with E-state index in [2.05, 4.69) is 15.2 Å². The van der Waals surface area contributed by atoms with E-state index in [1.807, 2.05) is 0 Å². The van der Waals surface area contributed by atoms with E-state index >= 15 is 0 Å². The van der Waals surface area contributed by atoms with E-state index in [0.717, 1.165) is 6.07 Å². The van der Waals surface area contributed by atoms with Gasteiger partial charge in [-0.1, -0.05) is 12.1 Å². The SMILES string of the molecule is Cc1nn(C)cc1C(=O)Nc1ccccc1OC(F)(F)C(F)F. The lowest BCUT2D eigenvalue weighted by Crippen LogP contribution is -2.33. The van der Waals surface area contributed by atoms with E-state index in [9.17, 15) is 22.4 Å². The van der Waals surface area contributed by atoms with Crippen LogP contribution in [-0.4, -0.2) is 28.2 Å². The minimum Gasteiger partial charge on any atom is -0.426 e. The number of amides is 1. The third-order valence-corrected chi connectivity index (χ3v) is 2.89. The monoisotopic (exact) mass is 331 g/mol. The molecule has 0 bridgehead atoms. The molecule has 1 aromatic heterocycles. The fourth-order valence-electron chi connectivity index (χ4n) is 1.86. The van der Waals surface area contributed by atoms with Crippen LogP contribution in [0, 0.1) is 6.92 Å². The van der Waals surface area contributed by atoms with Gasteiger partial charge in [0.15, 0.2) is 0 Å². The molecule has 0 fully saturated rings. The van der Waals surface area contributed by atoms with E-state index in [-0.39, 0.29) is 11.3 Å². The van der Waals surface area contributed by atoms with E-state index in [1.165, 1.54) is 29.1 Å². The number of hydrogen-bond acceptors (Lipinski definition) is 3. The maximum absolute atomic E-state index is 13.0. The summed E-state index contributed by atoms with van der Waals surface area (Å²) in [5, 5.41) is 6.33. The van der Waals surface area contributed by atoms with Gasteiger partial charge in [0, 0.05) is 13.2 Å². The number of carbonyl (C=O) groups excluding carboxylic acids is 1. The molecule has 0 aliphatic heterocycles. The molecular formula is C14H13F4N3O2. The molecule has 0 unspecified atom stereocenters. The Bertz CT molecular complexity index is 716. The molecule has 0 aliphatic rings. The highest BCUT2D eigenvalue weighted by Gasteiger charge is 2.44. The van der Waals surface area contributed by atoms with Crippen LogP contribution in [0.4, 0.5) is 23.2 Å². The van der Waals surface area contributed by atoms with Crippen molar-refractivity contribution in [2.45, 2.75) is 19.5 Å². The predicted molar refractivity (Wildman–Crippen MR) is 73.9 cm³/mol. The zero-order valence-corrected chi connectivity index (χ0v) is 12.2. The van der Waals surface area contributed by atoms with Crippen molar-refractivity contribution in [3.05, 3.63) is 41.7 Å². The predicted octanol–water partition coefficient (Wildman–Crippen LogP) is 3.22. The first-order chi connectivity index (χ1) is 10.7. The number of nitrogens with one attached hydrogen (secondary N) is 1. The molecule has 2 rings (SSSR count). The molecule has 5 nitrogen and oxygen atoms in total. The summed E-state index contributed by atoms with van der Waals surface area (Å²) in [6.45, 7) is 1.60. The summed E-state index contributed by atoms with van der Waals surface area (Å²) in [6, 6.07) is 5.09. The zero-order valence-electron chi connectivity index (χ0n) is 12.2. The van der Waals surface area contributed by atoms with Crippen LogP contribution in [0.25, 0.3) is 0 Å². The largest absolute Gasteiger partial charge is 0.461 e. The van der Waals surface area contributed by atoms with Crippen molar-refractivity contribution in [2.75, 3.05) is 5.32 Å². The van der Waals surface area contributed by atoms with Crippen LogP contribution in [0.1, 0.15) is 16.1 Å². The molecule has 9 heteroatoms. The minimum absolute atomic E-state index is 0.152. The van der Waals surface area contributed by atoms with Crippen LogP contribution in [-0.2, 0) is 7.05 Å². The topological polar surface area (TPSA) is 56.2 Å². The Morgan fingerprint density at radius 3 is 2.57 bits per heavy atom. The molecule has 2 aromatic rings. The number of nitrogens with zero attached hydrogens (tertiary/aromatic N) is 2. The first-order valence-corrected chi connectivity index (χ1v) is 6.46. The Labute approximate surface area is 128 Å². The number of anilines is 1. The van der Waals surface area contributed by atoms with E-state index in [4.69, 9.17) is 0 Å². The summed E-state index contributed by atoms with van der Waals surface area (Å²) < 4.78 is 56.0. The Morgan fingerprint density at radius 1 is 1.35 bits per heavy atom. The lowest BCUT2D eigenvalue weighted by atomic mass is 10.2. The number of aromatic nitrogens is 2. The molecule has 0 aliphatic carbocycles. The van der Waals surface area contributed by atoms with Crippen LogP contribution >= 0.6 is 0 Å². The van der Waals surface area contributed by atoms with Crippen LogP contribution in [0.3, 0.4) is 0 Å². The highest BCUT2D eigenvalue weighted by Crippen LogP contribution is 2.32. The summed E-state index contributed by atoms with van der Waals surface area (Å²) in [5.41, 5.74) is 0.505. The zero-order chi connectivity index (χ0) is 17.2. The molecule has 23 heavy (non-hydrogen) atoms. The van der Waals surface area contributed by atoms with Gasteiger partial charge in [0.1, 0.15) is 5.75 Å². The lowest BCUT2D eigenvalue weighted by Gasteiger charge is -2.19. The van der Waals surface area contributed by atoms with Crippen LogP contribution in [0.2, 0.25) is 0 Å². The molecule has 1 heterocycles.